The van der Waals surface area contributed by atoms with Crippen LogP contribution < -0.4 is 10.3 Å². The highest BCUT2D eigenvalue weighted by atomic mass is 16.5. The monoisotopic (exact) mass is 296 g/mol. The van der Waals surface area contributed by atoms with Crippen molar-refractivity contribution >= 4 is 11.0 Å². The van der Waals surface area contributed by atoms with Gasteiger partial charge in [-0.3, -0.25) is 4.79 Å². The molecular weight excluding hydrogens is 280 g/mol. The lowest BCUT2D eigenvalue weighted by molar-refractivity contribution is 0.415. The van der Waals surface area contributed by atoms with Gasteiger partial charge in [0.25, 0.3) is 5.56 Å². The van der Waals surface area contributed by atoms with Crippen LogP contribution in [0.1, 0.15) is 11.1 Å². The van der Waals surface area contributed by atoms with Crippen LogP contribution in [0.4, 0.5) is 0 Å². The molecule has 2 heterocycles. The number of aryl methyl sites for hydroxylation is 2. The van der Waals surface area contributed by atoms with E-state index in [9.17, 15) is 9.90 Å². The minimum Gasteiger partial charge on any atom is -0.507 e. The fourth-order valence-corrected chi connectivity index (χ4v) is 2.67. The summed E-state index contributed by atoms with van der Waals surface area (Å²) in [6.07, 6.45) is 0. The number of fused-ring (bicyclic) bond motifs is 1. The highest BCUT2D eigenvalue weighted by Gasteiger charge is 2.13. The van der Waals surface area contributed by atoms with Crippen molar-refractivity contribution in [2.45, 2.75) is 13.8 Å². The van der Waals surface area contributed by atoms with Gasteiger partial charge in [-0.15, -0.1) is 0 Å². The number of methoxy groups -OCH3 is 1. The van der Waals surface area contributed by atoms with E-state index in [1.165, 1.54) is 0 Å². The van der Waals surface area contributed by atoms with Crippen molar-refractivity contribution in [3.63, 3.8) is 0 Å². The van der Waals surface area contributed by atoms with Crippen LogP contribution in [0, 0.1) is 13.8 Å². The predicted molar refractivity (Wildman–Crippen MR) is 85.5 cm³/mol. The van der Waals surface area contributed by atoms with Crippen LogP contribution in [0.3, 0.4) is 0 Å². The fraction of sp³-hybridized carbons (Fsp3) is 0.176. The van der Waals surface area contributed by atoms with Gasteiger partial charge in [0.2, 0.25) is 0 Å². The summed E-state index contributed by atoms with van der Waals surface area (Å²) >= 11 is 0. The number of H-pyrrole nitrogens is 1. The van der Waals surface area contributed by atoms with Gasteiger partial charge in [-0.05, 0) is 43.2 Å². The molecule has 1 aromatic carbocycles. The summed E-state index contributed by atoms with van der Waals surface area (Å²) < 4.78 is 5.46. The topological polar surface area (TPSA) is 75.2 Å². The van der Waals surface area contributed by atoms with Gasteiger partial charge in [-0.1, -0.05) is 6.07 Å². The molecule has 0 saturated heterocycles. The van der Waals surface area contributed by atoms with Crippen molar-refractivity contribution in [3.05, 3.63) is 51.8 Å². The van der Waals surface area contributed by atoms with E-state index >= 15 is 0 Å². The molecule has 2 aromatic heterocycles. The minimum absolute atomic E-state index is 0.0783. The van der Waals surface area contributed by atoms with Crippen LogP contribution >= 0.6 is 0 Å². The van der Waals surface area contributed by atoms with E-state index in [-0.39, 0.29) is 11.3 Å². The minimum atomic E-state index is -0.387. The second-order valence-electron chi connectivity index (χ2n) is 5.27. The molecule has 0 unspecified atom stereocenters. The quantitative estimate of drug-likeness (QED) is 0.762. The van der Waals surface area contributed by atoms with Crippen LogP contribution in [0.2, 0.25) is 0 Å². The molecule has 2 N–H and O–H groups in total. The molecule has 0 aliphatic heterocycles. The molecule has 0 saturated carbocycles. The van der Waals surface area contributed by atoms with Crippen molar-refractivity contribution in [3.8, 4) is 22.8 Å². The first-order valence-corrected chi connectivity index (χ1v) is 6.88. The molecule has 0 aliphatic carbocycles. The second kappa shape index (κ2) is 5.18. The normalized spacial score (nSPS) is 10.9. The Balaban J connectivity index is 2.30. The number of benzene rings is 1. The zero-order valence-electron chi connectivity index (χ0n) is 12.6. The van der Waals surface area contributed by atoms with E-state index in [1.807, 2.05) is 19.9 Å². The lowest BCUT2D eigenvalue weighted by atomic mass is 10.0. The first-order chi connectivity index (χ1) is 10.5. The Morgan fingerprint density at radius 3 is 2.68 bits per heavy atom. The molecule has 22 heavy (non-hydrogen) atoms. The van der Waals surface area contributed by atoms with Crippen LogP contribution in [0.25, 0.3) is 22.3 Å². The van der Waals surface area contributed by atoms with E-state index < -0.39 is 0 Å². The van der Waals surface area contributed by atoms with Crippen LogP contribution in [-0.4, -0.2) is 22.2 Å². The van der Waals surface area contributed by atoms with Crippen LogP contribution in [-0.2, 0) is 0 Å². The van der Waals surface area contributed by atoms with Gasteiger partial charge in [0.05, 0.1) is 18.2 Å². The zero-order chi connectivity index (χ0) is 15.9. The number of nitrogens with zero attached hydrogens (tertiary/aromatic N) is 1. The summed E-state index contributed by atoms with van der Waals surface area (Å²) in [7, 11) is 1.62. The number of ether oxygens (including phenoxy) is 1. The number of hydrogen-bond donors (Lipinski definition) is 2. The fourth-order valence-electron chi connectivity index (χ4n) is 2.67. The van der Waals surface area contributed by atoms with Crippen molar-refractivity contribution < 1.29 is 9.84 Å². The molecule has 0 amide bonds. The first-order valence-electron chi connectivity index (χ1n) is 6.88. The Morgan fingerprint density at radius 2 is 1.95 bits per heavy atom. The van der Waals surface area contributed by atoms with Crippen molar-refractivity contribution in [1.29, 1.82) is 0 Å². The molecule has 3 aromatic rings. The smallest absolute Gasteiger partial charge is 0.253 e. The average molecular weight is 296 g/mol. The van der Waals surface area contributed by atoms with E-state index in [4.69, 9.17) is 4.74 Å². The highest BCUT2D eigenvalue weighted by Crippen LogP contribution is 2.34. The Labute approximate surface area is 127 Å². The average Bonchev–Trinajstić information content (AvgIpc) is 2.45. The van der Waals surface area contributed by atoms with Gasteiger partial charge in [0.15, 0.2) is 0 Å². The molecule has 5 nitrogen and oxygen atoms in total. The van der Waals surface area contributed by atoms with Crippen LogP contribution in [0.15, 0.2) is 35.1 Å². The van der Waals surface area contributed by atoms with Gasteiger partial charge in [0.1, 0.15) is 17.1 Å². The van der Waals surface area contributed by atoms with Gasteiger partial charge < -0.3 is 14.8 Å². The third-order valence-corrected chi connectivity index (χ3v) is 3.60. The van der Waals surface area contributed by atoms with E-state index in [2.05, 4.69) is 16.0 Å². The SMILES string of the molecule is COc1cc(C)cc(C)c1-c1ccc2c(O)cc(=O)[nH]c2n1. The standard InChI is InChI=1S/C17H16N2O3/c1-9-6-10(2)16(14(7-9)22-3)12-5-4-11-13(20)8-15(21)19-17(11)18-12/h4-8H,1-3H3,(H2,18,19,20,21). The number of aromatic amines is 1. The molecule has 0 bridgehead atoms. The molecule has 0 radical (unpaired) electrons. The highest BCUT2D eigenvalue weighted by molar-refractivity contribution is 5.85. The maximum absolute atomic E-state index is 11.5. The molecular formula is C17H16N2O3. The van der Waals surface area contributed by atoms with E-state index in [0.29, 0.717) is 16.7 Å². The summed E-state index contributed by atoms with van der Waals surface area (Å²) in [5.41, 5.74) is 3.66. The molecule has 0 spiro atoms. The predicted octanol–water partition coefficient (Wildman–Crippen LogP) is 2.92. The Bertz CT molecular complexity index is 929. The number of nitrogens with one attached hydrogen (secondary N) is 1. The summed E-state index contributed by atoms with van der Waals surface area (Å²) in [4.78, 5) is 18.6. The summed E-state index contributed by atoms with van der Waals surface area (Å²) in [5, 5.41) is 10.3. The van der Waals surface area contributed by atoms with Gasteiger partial charge in [-0.2, -0.15) is 0 Å². The molecule has 0 atom stereocenters. The lowest BCUT2D eigenvalue weighted by Crippen LogP contribution is -2.05. The molecule has 0 fully saturated rings. The third-order valence-electron chi connectivity index (χ3n) is 3.60. The second-order valence-corrected chi connectivity index (χ2v) is 5.27. The van der Waals surface area contributed by atoms with E-state index in [1.54, 1.807) is 19.2 Å². The summed E-state index contributed by atoms with van der Waals surface area (Å²) in [5.74, 6) is 0.650. The molecule has 112 valence electrons. The van der Waals surface area contributed by atoms with Crippen molar-refractivity contribution in [1.82, 2.24) is 9.97 Å². The molecule has 3 rings (SSSR count). The van der Waals surface area contributed by atoms with E-state index in [0.717, 1.165) is 28.5 Å². The maximum Gasteiger partial charge on any atom is 0.253 e. The third kappa shape index (κ3) is 2.30. The Hall–Kier alpha value is -2.82. The Morgan fingerprint density at radius 1 is 1.18 bits per heavy atom. The molecule has 0 aliphatic rings. The Kier molecular flexibility index (Phi) is 3.33. The van der Waals surface area contributed by atoms with Gasteiger partial charge in [0, 0.05) is 11.6 Å². The van der Waals surface area contributed by atoms with Gasteiger partial charge in [-0.25, -0.2) is 4.98 Å². The van der Waals surface area contributed by atoms with Gasteiger partial charge >= 0.3 is 0 Å². The number of aromatic hydroxyl groups is 1. The molecule has 5 heteroatoms. The lowest BCUT2D eigenvalue weighted by Gasteiger charge is -2.13. The number of pyridine rings is 2. The largest absolute Gasteiger partial charge is 0.507 e. The van der Waals surface area contributed by atoms with Crippen molar-refractivity contribution in [2.75, 3.05) is 7.11 Å². The zero-order valence-corrected chi connectivity index (χ0v) is 12.6. The summed E-state index contributed by atoms with van der Waals surface area (Å²) in [6.45, 7) is 3.99. The van der Waals surface area contributed by atoms with Crippen molar-refractivity contribution in [2.24, 2.45) is 0 Å². The number of aromatic nitrogens is 2. The maximum atomic E-state index is 11.5. The number of rotatable bonds is 2. The number of hydrogen-bond acceptors (Lipinski definition) is 4. The van der Waals surface area contributed by atoms with Crippen LogP contribution in [0.5, 0.6) is 11.5 Å². The first kappa shape index (κ1) is 14.1. The summed E-state index contributed by atoms with van der Waals surface area (Å²) in [6, 6.07) is 8.68.